The van der Waals surface area contributed by atoms with Gasteiger partial charge in [0.05, 0.1) is 6.04 Å². The Kier molecular flexibility index (Phi) is 3.65. The predicted octanol–water partition coefficient (Wildman–Crippen LogP) is 0.180. The van der Waals surface area contributed by atoms with Gasteiger partial charge < -0.3 is 15.6 Å². The first kappa shape index (κ1) is 13.0. The first-order chi connectivity index (χ1) is 8.49. The number of nitrogens with two attached hydrogens (primary N) is 1. The zero-order valence-corrected chi connectivity index (χ0v) is 11.2. The lowest BCUT2D eigenvalue weighted by atomic mass is 10.1. The van der Waals surface area contributed by atoms with Crippen molar-refractivity contribution in [2.75, 3.05) is 0 Å². The van der Waals surface area contributed by atoms with Crippen LogP contribution in [0, 0.1) is 0 Å². The van der Waals surface area contributed by atoms with E-state index in [-0.39, 0.29) is 11.9 Å². The Morgan fingerprint density at radius 2 is 2.17 bits per heavy atom. The maximum absolute atomic E-state index is 11.6. The van der Waals surface area contributed by atoms with E-state index in [0.29, 0.717) is 5.92 Å². The molecule has 18 heavy (non-hydrogen) atoms. The molecule has 0 saturated heterocycles. The van der Waals surface area contributed by atoms with Crippen LogP contribution in [0.5, 0.6) is 0 Å². The molecule has 6 nitrogen and oxygen atoms in total. The fourth-order valence-electron chi connectivity index (χ4n) is 2.23. The van der Waals surface area contributed by atoms with Gasteiger partial charge in [-0.1, -0.05) is 13.8 Å². The van der Waals surface area contributed by atoms with E-state index in [9.17, 15) is 4.79 Å². The van der Waals surface area contributed by atoms with E-state index in [1.807, 2.05) is 0 Å². The Labute approximate surface area is 107 Å². The van der Waals surface area contributed by atoms with Crippen molar-refractivity contribution in [1.29, 1.82) is 0 Å². The number of hydrogen-bond donors (Lipinski definition) is 2. The Balaban J connectivity index is 2.09. The van der Waals surface area contributed by atoms with Crippen LogP contribution in [-0.4, -0.2) is 32.8 Å². The average molecular weight is 251 g/mol. The third-order valence-electron chi connectivity index (χ3n) is 3.25. The smallest absolute Gasteiger partial charge is 0.236 e. The summed E-state index contributed by atoms with van der Waals surface area (Å²) >= 11 is 0. The summed E-state index contributed by atoms with van der Waals surface area (Å²) in [5.74, 6) is 2.26. The SMILES string of the molecule is CC(C)c1nnc2n1CC(NC(=O)[C@@H](C)N)CC2. The van der Waals surface area contributed by atoms with Crippen LogP contribution in [0.1, 0.15) is 44.8 Å². The van der Waals surface area contributed by atoms with Crippen molar-refractivity contribution in [2.45, 2.75) is 58.2 Å². The van der Waals surface area contributed by atoms with E-state index in [2.05, 4.69) is 33.9 Å². The molecule has 0 aliphatic carbocycles. The van der Waals surface area contributed by atoms with Crippen LogP contribution >= 0.6 is 0 Å². The standard InChI is InChI=1S/C12H21N5O/c1-7(2)11-16-15-10-5-4-9(6-17(10)11)14-12(18)8(3)13/h7-9H,4-6,13H2,1-3H3,(H,14,18)/t8-,9?/m1/s1. The van der Waals surface area contributed by atoms with E-state index in [1.54, 1.807) is 6.92 Å². The van der Waals surface area contributed by atoms with Gasteiger partial charge in [-0.2, -0.15) is 0 Å². The molecular formula is C12H21N5O. The van der Waals surface area contributed by atoms with Crippen molar-refractivity contribution in [1.82, 2.24) is 20.1 Å². The normalized spacial score (nSPS) is 20.6. The number of amides is 1. The number of aromatic nitrogens is 3. The van der Waals surface area contributed by atoms with Crippen LogP contribution in [0.2, 0.25) is 0 Å². The molecule has 0 radical (unpaired) electrons. The first-order valence-corrected chi connectivity index (χ1v) is 6.47. The van der Waals surface area contributed by atoms with Crippen molar-refractivity contribution in [3.05, 3.63) is 11.6 Å². The quantitative estimate of drug-likeness (QED) is 0.802. The molecular weight excluding hydrogens is 230 g/mol. The van der Waals surface area contributed by atoms with Gasteiger partial charge in [0.1, 0.15) is 11.6 Å². The third kappa shape index (κ3) is 2.53. The maximum Gasteiger partial charge on any atom is 0.236 e. The lowest BCUT2D eigenvalue weighted by Crippen LogP contribution is -2.47. The Hall–Kier alpha value is -1.43. The molecule has 1 aliphatic heterocycles. The molecule has 0 bridgehead atoms. The second kappa shape index (κ2) is 5.06. The minimum absolute atomic E-state index is 0.0948. The topological polar surface area (TPSA) is 85.8 Å². The second-order valence-electron chi connectivity index (χ2n) is 5.27. The van der Waals surface area contributed by atoms with Crippen molar-refractivity contribution in [3.63, 3.8) is 0 Å². The zero-order chi connectivity index (χ0) is 13.3. The van der Waals surface area contributed by atoms with Crippen LogP contribution in [0.3, 0.4) is 0 Å². The van der Waals surface area contributed by atoms with E-state index in [4.69, 9.17) is 5.73 Å². The van der Waals surface area contributed by atoms with Crippen LogP contribution < -0.4 is 11.1 Å². The molecule has 1 aliphatic rings. The van der Waals surface area contributed by atoms with E-state index in [0.717, 1.165) is 31.0 Å². The minimum Gasteiger partial charge on any atom is -0.350 e. The van der Waals surface area contributed by atoms with Gasteiger partial charge in [0.2, 0.25) is 5.91 Å². The van der Waals surface area contributed by atoms with Gasteiger partial charge in [-0.05, 0) is 13.3 Å². The van der Waals surface area contributed by atoms with Crippen molar-refractivity contribution in [2.24, 2.45) is 5.73 Å². The molecule has 3 N–H and O–H groups in total. The lowest BCUT2D eigenvalue weighted by Gasteiger charge is -2.26. The lowest BCUT2D eigenvalue weighted by molar-refractivity contribution is -0.122. The number of nitrogens with zero attached hydrogens (tertiary/aromatic N) is 3. The van der Waals surface area contributed by atoms with Gasteiger partial charge in [0, 0.05) is 24.9 Å². The van der Waals surface area contributed by atoms with Gasteiger partial charge >= 0.3 is 0 Å². The molecule has 0 spiro atoms. The third-order valence-corrected chi connectivity index (χ3v) is 3.25. The van der Waals surface area contributed by atoms with Crippen LogP contribution in [0.25, 0.3) is 0 Å². The summed E-state index contributed by atoms with van der Waals surface area (Å²) in [5.41, 5.74) is 5.56. The minimum atomic E-state index is -0.461. The molecule has 1 amide bonds. The van der Waals surface area contributed by atoms with E-state index < -0.39 is 6.04 Å². The average Bonchev–Trinajstić information content (AvgIpc) is 2.71. The predicted molar refractivity (Wildman–Crippen MR) is 68.0 cm³/mol. The van der Waals surface area contributed by atoms with Gasteiger partial charge in [0.15, 0.2) is 0 Å². The molecule has 1 aromatic rings. The Morgan fingerprint density at radius 3 is 2.78 bits per heavy atom. The number of hydrogen-bond acceptors (Lipinski definition) is 4. The van der Waals surface area contributed by atoms with Gasteiger partial charge in [-0.25, -0.2) is 0 Å². The highest BCUT2D eigenvalue weighted by Crippen LogP contribution is 2.19. The van der Waals surface area contributed by atoms with Crippen molar-refractivity contribution in [3.8, 4) is 0 Å². The highest BCUT2D eigenvalue weighted by Gasteiger charge is 2.25. The molecule has 100 valence electrons. The maximum atomic E-state index is 11.6. The van der Waals surface area contributed by atoms with Crippen LogP contribution in [0.15, 0.2) is 0 Å². The summed E-state index contributed by atoms with van der Waals surface area (Å²) in [6.45, 7) is 6.64. The number of rotatable bonds is 3. The second-order valence-corrected chi connectivity index (χ2v) is 5.27. The number of carbonyl (C=O) groups is 1. The summed E-state index contributed by atoms with van der Waals surface area (Å²) in [5, 5.41) is 11.4. The van der Waals surface area contributed by atoms with Crippen LogP contribution in [-0.2, 0) is 17.8 Å². The zero-order valence-electron chi connectivity index (χ0n) is 11.2. The highest BCUT2D eigenvalue weighted by atomic mass is 16.2. The van der Waals surface area contributed by atoms with Gasteiger partial charge in [-0.15, -0.1) is 10.2 Å². The van der Waals surface area contributed by atoms with Gasteiger partial charge in [-0.3, -0.25) is 4.79 Å². The molecule has 0 saturated carbocycles. The fraction of sp³-hybridized carbons (Fsp3) is 0.750. The number of carbonyl (C=O) groups excluding carboxylic acids is 1. The molecule has 1 aromatic heterocycles. The van der Waals surface area contributed by atoms with Crippen molar-refractivity contribution < 1.29 is 4.79 Å². The highest BCUT2D eigenvalue weighted by molar-refractivity contribution is 5.81. The van der Waals surface area contributed by atoms with Gasteiger partial charge in [0.25, 0.3) is 0 Å². The molecule has 2 heterocycles. The fourth-order valence-corrected chi connectivity index (χ4v) is 2.23. The van der Waals surface area contributed by atoms with E-state index >= 15 is 0 Å². The van der Waals surface area contributed by atoms with Crippen LogP contribution in [0.4, 0.5) is 0 Å². The summed E-state index contributed by atoms with van der Waals surface area (Å²) in [4.78, 5) is 11.6. The van der Waals surface area contributed by atoms with E-state index in [1.165, 1.54) is 0 Å². The molecule has 0 aromatic carbocycles. The van der Waals surface area contributed by atoms with Crippen molar-refractivity contribution >= 4 is 5.91 Å². The Bertz CT molecular complexity index is 438. The molecule has 6 heteroatoms. The number of nitrogens with one attached hydrogen (secondary N) is 1. The largest absolute Gasteiger partial charge is 0.350 e. The molecule has 2 atom stereocenters. The molecule has 2 rings (SSSR count). The molecule has 0 fully saturated rings. The number of fused-ring (bicyclic) bond motifs is 1. The summed E-state index contributed by atoms with van der Waals surface area (Å²) < 4.78 is 2.13. The number of aryl methyl sites for hydroxylation is 1. The summed E-state index contributed by atoms with van der Waals surface area (Å²) in [7, 11) is 0. The summed E-state index contributed by atoms with van der Waals surface area (Å²) in [6.07, 6.45) is 1.75. The molecule has 1 unspecified atom stereocenters. The Morgan fingerprint density at radius 1 is 1.44 bits per heavy atom. The first-order valence-electron chi connectivity index (χ1n) is 6.47. The monoisotopic (exact) mass is 251 g/mol. The summed E-state index contributed by atoms with van der Waals surface area (Å²) in [6, 6.07) is -0.332.